The Morgan fingerprint density at radius 3 is 2.72 bits per heavy atom. The first-order valence-corrected chi connectivity index (χ1v) is 11.5. The number of alkyl halides is 1. The average Bonchev–Trinajstić information content (AvgIpc) is 3.08. The van der Waals surface area contributed by atoms with Crippen molar-refractivity contribution in [2.45, 2.75) is 51.2 Å². The van der Waals surface area contributed by atoms with E-state index >= 15 is 0 Å². The van der Waals surface area contributed by atoms with Gasteiger partial charge in [-0.2, -0.15) is 0 Å². The number of esters is 2. The van der Waals surface area contributed by atoms with Gasteiger partial charge in [-0.3, -0.25) is 19.2 Å². The average molecular weight is 514 g/mol. The molecule has 7 nitrogen and oxygen atoms in total. The smallest absolute Gasteiger partial charge is 0.317 e. The van der Waals surface area contributed by atoms with Crippen LogP contribution >= 0.6 is 22.6 Å². The van der Waals surface area contributed by atoms with E-state index in [2.05, 4.69) is 22.6 Å². The topological polar surface area (TPSA) is 107 Å². The van der Waals surface area contributed by atoms with Crippen LogP contribution in [0.15, 0.2) is 12.2 Å². The Labute approximate surface area is 181 Å². The lowest BCUT2D eigenvalue weighted by Gasteiger charge is -2.45. The molecule has 4 aliphatic carbocycles. The summed E-state index contributed by atoms with van der Waals surface area (Å²) >= 11 is 2.24. The van der Waals surface area contributed by atoms with Crippen molar-refractivity contribution >= 4 is 46.3 Å². The van der Waals surface area contributed by atoms with Gasteiger partial charge in [-0.25, -0.2) is 0 Å². The van der Waals surface area contributed by atoms with E-state index in [9.17, 15) is 24.3 Å². The molecule has 0 aromatic heterocycles. The van der Waals surface area contributed by atoms with Crippen molar-refractivity contribution in [2.24, 2.45) is 34.0 Å². The van der Waals surface area contributed by atoms with Gasteiger partial charge in [-0.15, -0.1) is 0 Å². The summed E-state index contributed by atoms with van der Waals surface area (Å²) in [6, 6.07) is 0. The first kappa shape index (κ1) is 19.5. The zero-order valence-corrected chi connectivity index (χ0v) is 18.4. The van der Waals surface area contributed by atoms with E-state index in [1.165, 1.54) is 6.92 Å². The monoisotopic (exact) mass is 514 g/mol. The van der Waals surface area contributed by atoms with Gasteiger partial charge in [0.25, 0.3) is 0 Å². The number of halogens is 1. The molecule has 1 saturated heterocycles. The van der Waals surface area contributed by atoms with Gasteiger partial charge < -0.3 is 14.6 Å². The Bertz CT molecular complexity index is 897. The van der Waals surface area contributed by atoms with E-state index in [1.807, 2.05) is 0 Å². The standard InChI is InChI=1S/C21H23IO7/c1-10(23)28-13-4-6-21-11-3-5-19(9-22)8-20(11,7-12(19)24)14(16(25)26)15(21)18(13,2)17(27)29-21/h4,6,11,13-15H,3,5,7-9H2,1-2H3,(H,25,26). The van der Waals surface area contributed by atoms with Gasteiger partial charge in [-0.05, 0) is 43.8 Å². The molecule has 3 saturated carbocycles. The molecule has 0 amide bonds. The Morgan fingerprint density at radius 2 is 2.10 bits per heavy atom. The minimum absolute atomic E-state index is 0.142. The summed E-state index contributed by atoms with van der Waals surface area (Å²) in [6.45, 7) is 2.93. The van der Waals surface area contributed by atoms with Crippen LogP contribution in [-0.4, -0.2) is 44.9 Å². The molecule has 1 aliphatic heterocycles. The molecule has 29 heavy (non-hydrogen) atoms. The predicted molar refractivity (Wildman–Crippen MR) is 107 cm³/mol. The number of ether oxygens (including phenoxy) is 2. The number of hydrogen-bond acceptors (Lipinski definition) is 6. The molecular weight excluding hydrogens is 491 g/mol. The van der Waals surface area contributed by atoms with E-state index in [0.717, 1.165) is 0 Å². The van der Waals surface area contributed by atoms with Crippen LogP contribution in [0.4, 0.5) is 0 Å². The number of fused-ring (bicyclic) bond motifs is 1. The van der Waals surface area contributed by atoms with Crippen molar-refractivity contribution in [3.8, 4) is 0 Å². The first-order valence-electron chi connectivity index (χ1n) is 9.99. The molecule has 0 aromatic carbocycles. The van der Waals surface area contributed by atoms with Gasteiger partial charge in [0.15, 0.2) is 0 Å². The summed E-state index contributed by atoms with van der Waals surface area (Å²) in [5.74, 6) is -3.70. The normalized spacial score (nSPS) is 51.4. The summed E-state index contributed by atoms with van der Waals surface area (Å²) in [5, 5.41) is 10.4. The molecule has 0 radical (unpaired) electrons. The summed E-state index contributed by atoms with van der Waals surface area (Å²) in [5.41, 5.74) is -3.53. The van der Waals surface area contributed by atoms with Gasteiger partial charge in [0.1, 0.15) is 22.9 Å². The number of Topliss-reactive ketones (excluding diaryl/α,β-unsaturated/α-hetero) is 1. The van der Waals surface area contributed by atoms with E-state index < -0.39 is 57.7 Å². The van der Waals surface area contributed by atoms with Crippen molar-refractivity contribution < 1.29 is 33.8 Å². The highest BCUT2D eigenvalue weighted by Gasteiger charge is 2.84. The highest BCUT2D eigenvalue weighted by molar-refractivity contribution is 14.1. The summed E-state index contributed by atoms with van der Waals surface area (Å²) in [6.07, 6.45) is 4.68. The van der Waals surface area contributed by atoms with Crippen molar-refractivity contribution in [1.29, 1.82) is 0 Å². The summed E-state index contributed by atoms with van der Waals surface area (Å²) in [7, 11) is 0. The minimum Gasteiger partial charge on any atom is -0.481 e. The zero-order chi connectivity index (χ0) is 21.0. The third kappa shape index (κ3) is 2.00. The molecule has 0 aromatic rings. The van der Waals surface area contributed by atoms with Gasteiger partial charge in [0.05, 0.1) is 5.92 Å². The molecule has 4 fully saturated rings. The lowest BCUT2D eigenvalue weighted by atomic mass is 9.60. The molecule has 8 unspecified atom stereocenters. The van der Waals surface area contributed by atoms with E-state index in [0.29, 0.717) is 23.7 Å². The Balaban J connectivity index is 1.72. The fourth-order valence-corrected chi connectivity index (χ4v) is 8.71. The molecule has 1 heterocycles. The first-order chi connectivity index (χ1) is 13.6. The van der Waals surface area contributed by atoms with Crippen LogP contribution in [0.2, 0.25) is 0 Å². The van der Waals surface area contributed by atoms with Gasteiger partial charge in [0.2, 0.25) is 0 Å². The lowest BCUT2D eigenvalue weighted by Crippen LogP contribution is -2.52. The third-order valence-electron chi connectivity index (χ3n) is 8.63. The lowest BCUT2D eigenvalue weighted by molar-refractivity contribution is -0.166. The zero-order valence-electron chi connectivity index (χ0n) is 16.3. The van der Waals surface area contributed by atoms with Crippen LogP contribution in [0.3, 0.4) is 0 Å². The van der Waals surface area contributed by atoms with Crippen LogP contribution in [0.25, 0.3) is 0 Å². The maximum atomic E-state index is 13.1. The third-order valence-corrected chi connectivity index (χ3v) is 10.1. The molecule has 1 spiro atoms. The largest absolute Gasteiger partial charge is 0.481 e. The highest BCUT2D eigenvalue weighted by Crippen LogP contribution is 2.77. The van der Waals surface area contributed by atoms with Crippen LogP contribution in [0, 0.1) is 34.0 Å². The fourth-order valence-electron chi connectivity index (χ4n) is 7.63. The number of carboxylic acid groups (broad SMARTS) is 1. The predicted octanol–water partition coefficient (Wildman–Crippen LogP) is 2.30. The van der Waals surface area contributed by atoms with E-state index in [-0.39, 0.29) is 18.1 Å². The maximum Gasteiger partial charge on any atom is 0.317 e. The SMILES string of the molecule is CC(=O)OC1C=CC23OC(=O)C1(C)C2C(C(=O)O)C12CC(=O)C(CI)(CCC13)C2. The second kappa shape index (κ2) is 5.62. The molecule has 8 heteroatoms. The van der Waals surface area contributed by atoms with Gasteiger partial charge in [0, 0.05) is 35.0 Å². The number of rotatable bonds is 3. The quantitative estimate of drug-likeness (QED) is 0.267. The van der Waals surface area contributed by atoms with Crippen molar-refractivity contribution in [2.75, 3.05) is 4.43 Å². The molecule has 8 atom stereocenters. The second-order valence-electron chi connectivity index (χ2n) is 9.72. The summed E-state index contributed by atoms with van der Waals surface area (Å²) in [4.78, 5) is 50.5. The number of carbonyl (C=O) groups is 4. The van der Waals surface area contributed by atoms with Gasteiger partial charge in [-0.1, -0.05) is 22.6 Å². The Morgan fingerprint density at radius 1 is 1.38 bits per heavy atom. The fraction of sp³-hybridized carbons (Fsp3) is 0.714. The molecular formula is C21H23IO7. The molecule has 1 N–H and O–H groups in total. The van der Waals surface area contributed by atoms with Crippen LogP contribution in [0.5, 0.6) is 0 Å². The number of carboxylic acids is 1. The second-order valence-corrected chi connectivity index (χ2v) is 10.5. The van der Waals surface area contributed by atoms with E-state index in [1.54, 1.807) is 19.1 Å². The van der Waals surface area contributed by atoms with Crippen molar-refractivity contribution in [1.82, 2.24) is 0 Å². The van der Waals surface area contributed by atoms with Crippen molar-refractivity contribution in [3.05, 3.63) is 12.2 Å². The van der Waals surface area contributed by atoms with Crippen LogP contribution < -0.4 is 0 Å². The molecule has 5 aliphatic rings. The number of ketones is 1. The van der Waals surface area contributed by atoms with Crippen LogP contribution in [0.1, 0.15) is 39.5 Å². The van der Waals surface area contributed by atoms with Gasteiger partial charge >= 0.3 is 17.9 Å². The highest BCUT2D eigenvalue weighted by atomic mass is 127. The molecule has 4 bridgehead atoms. The molecule has 156 valence electrons. The van der Waals surface area contributed by atoms with Crippen LogP contribution in [-0.2, 0) is 28.7 Å². The van der Waals surface area contributed by atoms with E-state index in [4.69, 9.17) is 9.47 Å². The number of carbonyl (C=O) groups excluding carboxylic acids is 3. The minimum atomic E-state index is -1.28. The molecule has 5 rings (SSSR count). The Hall–Kier alpha value is -1.45. The summed E-state index contributed by atoms with van der Waals surface area (Å²) < 4.78 is 12.1. The van der Waals surface area contributed by atoms with Crippen molar-refractivity contribution in [3.63, 3.8) is 0 Å². The number of hydrogen-bond donors (Lipinski definition) is 1. The number of aliphatic carboxylic acids is 1. The maximum absolute atomic E-state index is 13.1. The Kier molecular flexibility index (Phi) is 3.78.